The van der Waals surface area contributed by atoms with E-state index in [-0.39, 0.29) is 25.1 Å². The summed E-state index contributed by atoms with van der Waals surface area (Å²) in [7, 11) is 0. The normalized spacial score (nSPS) is 19.8. The topological polar surface area (TPSA) is 79.8 Å². The summed E-state index contributed by atoms with van der Waals surface area (Å²) < 4.78 is 2.24. The van der Waals surface area contributed by atoms with Crippen molar-refractivity contribution in [2.45, 2.75) is 18.9 Å². The van der Waals surface area contributed by atoms with Gasteiger partial charge >= 0.3 is 5.69 Å². The number of hydrogen-bond acceptors (Lipinski definition) is 5. The minimum atomic E-state index is -0.453. The molecule has 0 spiro atoms. The van der Waals surface area contributed by atoms with Crippen LogP contribution in [0.4, 0.5) is 0 Å². The number of carbonyl (C=O) groups excluding carboxylic acids is 1. The summed E-state index contributed by atoms with van der Waals surface area (Å²) in [5, 5.41) is 13.3. The first-order valence-electron chi connectivity index (χ1n) is 6.65. The zero-order chi connectivity index (χ0) is 14.1. The molecular weight excluding hydrogens is 260 g/mol. The van der Waals surface area contributed by atoms with Crippen LogP contribution < -0.4 is 5.69 Å². The summed E-state index contributed by atoms with van der Waals surface area (Å²) in [6, 6.07) is 5.16. The van der Waals surface area contributed by atoms with Crippen LogP contribution in [0.3, 0.4) is 0 Å². The van der Waals surface area contributed by atoms with Crippen LogP contribution in [0.5, 0.6) is 0 Å². The van der Waals surface area contributed by atoms with Crippen molar-refractivity contribution in [1.82, 2.24) is 19.1 Å². The van der Waals surface area contributed by atoms with Gasteiger partial charge in [0.15, 0.2) is 5.65 Å². The molecule has 1 saturated heterocycles. The molecule has 2 aromatic rings. The van der Waals surface area contributed by atoms with E-state index in [2.05, 4.69) is 5.10 Å². The number of pyridine rings is 1. The van der Waals surface area contributed by atoms with Gasteiger partial charge in [-0.05, 0) is 31.5 Å². The van der Waals surface area contributed by atoms with Gasteiger partial charge in [0, 0.05) is 12.2 Å². The lowest BCUT2D eigenvalue weighted by atomic mass is 10.2. The van der Waals surface area contributed by atoms with Crippen LogP contribution in [-0.2, 0) is 0 Å². The Labute approximate surface area is 115 Å². The highest BCUT2D eigenvalue weighted by Crippen LogP contribution is 2.15. The molecule has 0 bridgehead atoms. The van der Waals surface area contributed by atoms with Gasteiger partial charge in [0.2, 0.25) is 0 Å². The molecule has 1 fully saturated rings. The zero-order valence-electron chi connectivity index (χ0n) is 11.0. The van der Waals surface area contributed by atoms with Gasteiger partial charge in [0.05, 0.1) is 13.2 Å². The van der Waals surface area contributed by atoms with Crippen LogP contribution in [0.25, 0.3) is 5.65 Å². The van der Waals surface area contributed by atoms with Gasteiger partial charge in [0.1, 0.15) is 0 Å². The molecule has 20 heavy (non-hydrogen) atoms. The lowest BCUT2D eigenvalue weighted by Gasteiger charge is -2.20. The molecule has 1 N–H and O–H groups in total. The average Bonchev–Trinajstić information content (AvgIpc) is 3.04. The molecule has 0 aliphatic carbocycles. The molecule has 1 aliphatic rings. The summed E-state index contributed by atoms with van der Waals surface area (Å²) in [6.07, 6.45) is 3.42. The van der Waals surface area contributed by atoms with E-state index in [0.717, 1.165) is 24.1 Å². The number of hydrogen-bond donors (Lipinski definition) is 1. The summed E-state index contributed by atoms with van der Waals surface area (Å²) in [4.78, 5) is 26.2. The average molecular weight is 276 g/mol. The summed E-state index contributed by atoms with van der Waals surface area (Å²) in [6.45, 7) is 0.904. The predicted molar refractivity (Wildman–Crippen MR) is 71.8 cm³/mol. The Morgan fingerprint density at radius 3 is 3.05 bits per heavy atom. The number of aromatic nitrogens is 3. The Hall–Kier alpha value is -1.99. The molecule has 7 nitrogen and oxygen atoms in total. The quantitative estimate of drug-likeness (QED) is 0.824. The van der Waals surface area contributed by atoms with Crippen LogP contribution in [0.2, 0.25) is 0 Å². The van der Waals surface area contributed by atoms with E-state index in [1.165, 1.54) is 4.40 Å². The van der Waals surface area contributed by atoms with Crippen LogP contribution in [0.15, 0.2) is 29.2 Å². The third-order valence-corrected chi connectivity index (χ3v) is 3.71. The van der Waals surface area contributed by atoms with E-state index < -0.39 is 5.69 Å². The number of nitrogens with zero attached hydrogens (tertiary/aromatic N) is 4. The van der Waals surface area contributed by atoms with Gasteiger partial charge in [-0.1, -0.05) is 6.07 Å². The lowest BCUT2D eigenvalue weighted by molar-refractivity contribution is 0.0786. The summed E-state index contributed by atoms with van der Waals surface area (Å²) >= 11 is 0. The highest BCUT2D eigenvalue weighted by Gasteiger charge is 2.27. The minimum absolute atomic E-state index is 0.00619. The highest BCUT2D eigenvalue weighted by molar-refractivity contribution is 5.80. The fourth-order valence-corrected chi connectivity index (χ4v) is 2.64. The van der Waals surface area contributed by atoms with E-state index in [1.54, 1.807) is 24.4 Å². The summed E-state index contributed by atoms with van der Waals surface area (Å²) in [5.41, 5.74) is -0.00340. The Morgan fingerprint density at radius 1 is 1.45 bits per heavy atom. The second-order valence-corrected chi connectivity index (χ2v) is 4.97. The maximum atomic E-state index is 12.2. The van der Waals surface area contributed by atoms with Crippen LogP contribution in [0.1, 0.15) is 17.6 Å². The van der Waals surface area contributed by atoms with E-state index >= 15 is 0 Å². The van der Waals surface area contributed by atoms with Crippen molar-refractivity contribution >= 4 is 11.6 Å². The SMILES string of the molecule is O=C(CN1CCC[C@H]1CO)n1nc2ccccn2c1=O. The van der Waals surface area contributed by atoms with Crippen molar-refractivity contribution in [1.29, 1.82) is 0 Å². The standard InChI is InChI=1S/C13H16N4O3/c18-9-10-4-3-6-15(10)8-12(19)17-13(20)16-7-2-1-5-11(16)14-17/h1-2,5,7,10,18H,3-4,6,8-9H2/t10-/m0/s1. The fourth-order valence-electron chi connectivity index (χ4n) is 2.64. The molecule has 0 amide bonds. The third kappa shape index (κ3) is 2.14. The maximum absolute atomic E-state index is 12.2. The molecule has 0 saturated carbocycles. The lowest BCUT2D eigenvalue weighted by Crippen LogP contribution is -2.41. The van der Waals surface area contributed by atoms with Crippen molar-refractivity contribution in [3.8, 4) is 0 Å². The van der Waals surface area contributed by atoms with E-state index in [1.807, 2.05) is 4.90 Å². The minimum Gasteiger partial charge on any atom is -0.395 e. The first-order valence-corrected chi connectivity index (χ1v) is 6.65. The van der Waals surface area contributed by atoms with E-state index in [4.69, 9.17) is 0 Å². The van der Waals surface area contributed by atoms with Crippen LogP contribution in [-0.4, -0.2) is 55.8 Å². The fraction of sp³-hybridized carbons (Fsp3) is 0.462. The molecule has 1 aliphatic heterocycles. The van der Waals surface area contributed by atoms with Crippen molar-refractivity contribution in [3.63, 3.8) is 0 Å². The Kier molecular flexibility index (Phi) is 3.37. The first kappa shape index (κ1) is 13.0. The molecule has 1 atom stereocenters. The van der Waals surface area contributed by atoms with Gasteiger partial charge < -0.3 is 5.11 Å². The molecule has 7 heteroatoms. The summed E-state index contributed by atoms with van der Waals surface area (Å²) in [5.74, 6) is -0.362. The van der Waals surface area contributed by atoms with Gasteiger partial charge in [0.25, 0.3) is 5.91 Å². The van der Waals surface area contributed by atoms with Gasteiger partial charge in [-0.15, -0.1) is 9.78 Å². The number of fused-ring (bicyclic) bond motifs is 1. The molecular formula is C13H16N4O3. The van der Waals surface area contributed by atoms with Crippen molar-refractivity contribution in [2.75, 3.05) is 19.7 Å². The zero-order valence-corrected chi connectivity index (χ0v) is 11.0. The molecule has 0 aromatic carbocycles. The molecule has 2 aromatic heterocycles. The van der Waals surface area contributed by atoms with Gasteiger partial charge in [-0.25, -0.2) is 9.20 Å². The van der Waals surface area contributed by atoms with Gasteiger partial charge in [-0.3, -0.25) is 9.69 Å². The predicted octanol–water partition coefficient (Wildman–Crippen LogP) is -0.407. The Bertz CT molecular complexity index is 690. The smallest absolute Gasteiger partial charge is 0.357 e. The number of likely N-dealkylation sites (tertiary alicyclic amines) is 1. The van der Waals surface area contributed by atoms with Crippen LogP contribution >= 0.6 is 0 Å². The number of aliphatic hydroxyl groups is 1. The van der Waals surface area contributed by atoms with Crippen molar-refractivity contribution in [2.24, 2.45) is 0 Å². The number of rotatable bonds is 3. The number of aliphatic hydroxyl groups excluding tert-OH is 1. The first-order chi connectivity index (χ1) is 9.70. The monoisotopic (exact) mass is 276 g/mol. The van der Waals surface area contributed by atoms with E-state index in [9.17, 15) is 14.7 Å². The van der Waals surface area contributed by atoms with Crippen molar-refractivity contribution in [3.05, 3.63) is 34.9 Å². The Morgan fingerprint density at radius 2 is 2.30 bits per heavy atom. The van der Waals surface area contributed by atoms with Crippen molar-refractivity contribution < 1.29 is 9.90 Å². The molecule has 3 heterocycles. The Balaban J connectivity index is 1.86. The molecule has 0 radical (unpaired) electrons. The molecule has 0 unspecified atom stereocenters. The largest absolute Gasteiger partial charge is 0.395 e. The van der Waals surface area contributed by atoms with Crippen LogP contribution in [0, 0.1) is 0 Å². The van der Waals surface area contributed by atoms with E-state index in [0.29, 0.717) is 5.65 Å². The maximum Gasteiger partial charge on any atom is 0.357 e. The highest BCUT2D eigenvalue weighted by atomic mass is 16.3. The molecule has 106 valence electrons. The second kappa shape index (κ2) is 5.18. The van der Waals surface area contributed by atoms with Gasteiger partial charge in [-0.2, -0.15) is 0 Å². The molecule has 3 rings (SSSR count). The second-order valence-electron chi connectivity index (χ2n) is 4.97. The third-order valence-electron chi connectivity index (χ3n) is 3.71. The number of carbonyl (C=O) groups is 1.